The van der Waals surface area contributed by atoms with Crippen LogP contribution in [0.3, 0.4) is 0 Å². The van der Waals surface area contributed by atoms with Gasteiger partial charge in [-0.1, -0.05) is 12.1 Å². The average Bonchev–Trinajstić information content (AvgIpc) is 2.54. The largest absolute Gasteiger partial charge is 0.491 e. The van der Waals surface area contributed by atoms with Crippen molar-refractivity contribution in [3.05, 3.63) is 29.8 Å². The highest BCUT2D eigenvalue weighted by atomic mass is 19.1. The summed E-state index contributed by atoms with van der Waals surface area (Å²) in [5.41, 5.74) is -0.706. The molecule has 1 aromatic carbocycles. The number of halogens is 1. The molecule has 0 fully saturated rings. The lowest BCUT2D eigenvalue weighted by atomic mass is 10.2. The second-order valence-electron chi connectivity index (χ2n) is 8.10. The zero-order chi connectivity index (χ0) is 22.1. The maximum atomic E-state index is 12.3. The number of guanidine groups is 1. The molecule has 29 heavy (non-hydrogen) atoms. The highest BCUT2D eigenvalue weighted by molar-refractivity contribution is 6.01. The number of hydrogen-bond donors (Lipinski definition) is 2. The predicted octanol–water partition coefficient (Wildman–Crippen LogP) is 3.94. The van der Waals surface area contributed by atoms with E-state index >= 15 is 0 Å². The van der Waals surface area contributed by atoms with E-state index in [-0.39, 0.29) is 19.1 Å². The van der Waals surface area contributed by atoms with E-state index in [0.29, 0.717) is 5.75 Å². The van der Waals surface area contributed by atoms with E-state index in [1.54, 1.807) is 65.8 Å². The minimum Gasteiger partial charge on any atom is -0.491 e. The Bertz CT molecular complexity index is 692. The van der Waals surface area contributed by atoms with E-state index in [9.17, 15) is 14.0 Å². The van der Waals surface area contributed by atoms with Crippen LogP contribution in [0.1, 0.15) is 47.1 Å². The first-order chi connectivity index (χ1) is 13.4. The molecule has 1 rings (SSSR count). The Kier molecular flexibility index (Phi) is 8.87. The summed E-state index contributed by atoms with van der Waals surface area (Å²) in [6, 6.07) is 6.91. The van der Waals surface area contributed by atoms with Crippen LogP contribution in [0.2, 0.25) is 0 Å². The van der Waals surface area contributed by atoms with Crippen molar-refractivity contribution in [1.29, 1.82) is 0 Å². The van der Waals surface area contributed by atoms with Gasteiger partial charge in [-0.05, 0) is 59.2 Å². The smallest absolute Gasteiger partial charge is 0.414 e. The quantitative estimate of drug-likeness (QED) is 0.565. The van der Waals surface area contributed by atoms with Crippen LogP contribution in [0.25, 0.3) is 0 Å². The minimum absolute atomic E-state index is 0.0433. The number of nitrogens with zero attached hydrogens (tertiary/aromatic N) is 1. The number of benzene rings is 1. The van der Waals surface area contributed by atoms with Gasteiger partial charge < -0.3 is 14.2 Å². The lowest BCUT2D eigenvalue weighted by molar-refractivity contribution is 0.0545. The van der Waals surface area contributed by atoms with Crippen LogP contribution in [0.15, 0.2) is 29.3 Å². The summed E-state index contributed by atoms with van der Waals surface area (Å²) in [6.07, 6.45) is -1.54. The summed E-state index contributed by atoms with van der Waals surface area (Å²) >= 11 is 0. The maximum absolute atomic E-state index is 12.3. The van der Waals surface area contributed by atoms with Gasteiger partial charge in [-0.3, -0.25) is 10.6 Å². The first-order valence-electron chi connectivity index (χ1n) is 9.20. The van der Waals surface area contributed by atoms with Crippen LogP contribution in [0, 0.1) is 0 Å². The van der Waals surface area contributed by atoms with E-state index in [1.807, 2.05) is 0 Å². The fourth-order valence-corrected chi connectivity index (χ4v) is 1.97. The third kappa shape index (κ3) is 11.6. The van der Waals surface area contributed by atoms with Gasteiger partial charge in [-0.25, -0.2) is 19.0 Å². The molecule has 0 bridgehead atoms. The van der Waals surface area contributed by atoms with Crippen LogP contribution in [-0.4, -0.2) is 42.6 Å². The molecule has 0 spiro atoms. The predicted molar refractivity (Wildman–Crippen MR) is 108 cm³/mol. The van der Waals surface area contributed by atoms with E-state index in [1.165, 1.54) is 0 Å². The molecular formula is C20H30FN3O5. The van der Waals surface area contributed by atoms with Gasteiger partial charge in [0.1, 0.15) is 30.2 Å². The van der Waals surface area contributed by atoms with Gasteiger partial charge in [0.15, 0.2) is 0 Å². The number of amides is 2. The van der Waals surface area contributed by atoms with Crippen molar-refractivity contribution in [3.8, 4) is 5.75 Å². The number of alkyl halides is 1. The van der Waals surface area contributed by atoms with Crippen molar-refractivity contribution in [2.75, 3.05) is 13.3 Å². The topological polar surface area (TPSA) is 98.3 Å². The zero-order valence-electron chi connectivity index (χ0n) is 17.8. The molecule has 0 saturated heterocycles. The fourth-order valence-electron chi connectivity index (χ4n) is 1.97. The first kappa shape index (κ1) is 24.2. The molecule has 0 aliphatic carbocycles. The van der Waals surface area contributed by atoms with Gasteiger partial charge in [0.05, 0.1) is 6.54 Å². The third-order valence-electron chi connectivity index (χ3n) is 2.90. The van der Waals surface area contributed by atoms with Crippen molar-refractivity contribution in [2.24, 2.45) is 4.99 Å². The molecule has 0 aromatic heterocycles. The molecule has 0 aliphatic rings. The van der Waals surface area contributed by atoms with Gasteiger partial charge in [-0.15, -0.1) is 0 Å². The Balaban J connectivity index is 2.91. The Hall–Kier alpha value is -2.84. The zero-order valence-corrected chi connectivity index (χ0v) is 17.8. The van der Waals surface area contributed by atoms with Crippen molar-refractivity contribution in [2.45, 2.75) is 59.3 Å². The number of ether oxygens (including phenoxy) is 3. The highest BCUT2D eigenvalue weighted by Crippen LogP contribution is 2.14. The Morgan fingerprint density at radius 2 is 1.55 bits per heavy atom. The molecule has 0 aliphatic heterocycles. The van der Waals surface area contributed by atoms with E-state index in [2.05, 4.69) is 15.6 Å². The molecule has 9 heteroatoms. The van der Waals surface area contributed by atoms with Gasteiger partial charge in [0, 0.05) is 0 Å². The summed E-state index contributed by atoms with van der Waals surface area (Å²) in [6.45, 7) is 9.78. The van der Waals surface area contributed by atoms with E-state index in [4.69, 9.17) is 14.2 Å². The van der Waals surface area contributed by atoms with Gasteiger partial charge >= 0.3 is 12.2 Å². The van der Waals surface area contributed by atoms with Crippen molar-refractivity contribution in [3.63, 3.8) is 0 Å². The van der Waals surface area contributed by atoms with E-state index in [0.717, 1.165) is 5.56 Å². The van der Waals surface area contributed by atoms with Crippen molar-refractivity contribution >= 4 is 18.1 Å². The SMILES string of the molecule is CC(C)(C)OC(=O)NC(=NCc1cccc(OCCF)c1)NC(=O)OC(C)(C)C. The van der Waals surface area contributed by atoms with Crippen LogP contribution in [0.5, 0.6) is 5.75 Å². The number of alkyl carbamates (subject to hydrolysis) is 2. The number of carbonyl (C=O) groups is 2. The number of nitrogens with one attached hydrogen (secondary N) is 2. The minimum atomic E-state index is -0.771. The van der Waals surface area contributed by atoms with Gasteiger partial charge in [0.25, 0.3) is 0 Å². The summed E-state index contributed by atoms with van der Waals surface area (Å²) in [5, 5.41) is 4.81. The van der Waals surface area contributed by atoms with Crippen LogP contribution >= 0.6 is 0 Å². The third-order valence-corrected chi connectivity index (χ3v) is 2.90. The standard InChI is InChI=1S/C20H30FN3O5/c1-19(2,3)28-17(25)23-16(24-18(26)29-20(4,5)6)22-13-14-8-7-9-15(12-14)27-11-10-21/h7-9,12H,10-11,13H2,1-6H3,(H2,22,23,24,25,26). The number of rotatable bonds is 5. The molecule has 0 radical (unpaired) electrons. The van der Waals surface area contributed by atoms with Crippen LogP contribution in [0.4, 0.5) is 14.0 Å². The highest BCUT2D eigenvalue weighted by Gasteiger charge is 2.21. The molecule has 0 saturated carbocycles. The summed E-state index contributed by atoms with van der Waals surface area (Å²) < 4.78 is 27.9. The Morgan fingerprint density at radius 1 is 1.00 bits per heavy atom. The molecular weight excluding hydrogens is 381 g/mol. The number of hydrogen-bond acceptors (Lipinski definition) is 6. The molecule has 1 aromatic rings. The van der Waals surface area contributed by atoms with Crippen LogP contribution in [-0.2, 0) is 16.0 Å². The number of carbonyl (C=O) groups excluding carboxylic acids is 2. The summed E-state index contributed by atoms with van der Waals surface area (Å²) in [4.78, 5) is 28.3. The first-order valence-corrected chi connectivity index (χ1v) is 9.20. The van der Waals surface area contributed by atoms with Gasteiger partial charge in [-0.2, -0.15) is 0 Å². The molecule has 2 N–H and O–H groups in total. The molecule has 162 valence electrons. The van der Waals surface area contributed by atoms with Crippen molar-refractivity contribution in [1.82, 2.24) is 10.6 Å². The lowest BCUT2D eigenvalue weighted by Crippen LogP contribution is -2.47. The van der Waals surface area contributed by atoms with Crippen LogP contribution < -0.4 is 15.4 Å². The average molecular weight is 411 g/mol. The Morgan fingerprint density at radius 3 is 2.03 bits per heavy atom. The fraction of sp³-hybridized carbons (Fsp3) is 0.550. The molecule has 0 unspecified atom stereocenters. The maximum Gasteiger partial charge on any atom is 0.414 e. The van der Waals surface area contributed by atoms with E-state index < -0.39 is 30.1 Å². The normalized spacial score (nSPS) is 11.3. The summed E-state index contributed by atoms with van der Waals surface area (Å²) in [7, 11) is 0. The second kappa shape index (κ2) is 10.6. The van der Waals surface area contributed by atoms with Gasteiger partial charge in [0.2, 0.25) is 5.96 Å². The summed E-state index contributed by atoms with van der Waals surface area (Å²) in [5.74, 6) is 0.376. The molecule has 8 nitrogen and oxygen atoms in total. The molecule has 0 heterocycles. The lowest BCUT2D eigenvalue weighted by Gasteiger charge is -2.22. The van der Waals surface area contributed by atoms with Crippen molar-refractivity contribution < 1.29 is 28.2 Å². The monoisotopic (exact) mass is 411 g/mol. The molecule has 0 atom stereocenters. The second-order valence-corrected chi connectivity index (χ2v) is 8.10. The number of aliphatic imine (C=N–C) groups is 1. The molecule has 2 amide bonds. The Labute approximate surface area is 170 Å².